The van der Waals surface area contributed by atoms with Gasteiger partial charge in [-0.25, -0.2) is 8.42 Å². The van der Waals surface area contributed by atoms with Crippen LogP contribution in [0.3, 0.4) is 0 Å². The summed E-state index contributed by atoms with van der Waals surface area (Å²) < 4.78 is 31.9. The van der Waals surface area contributed by atoms with Crippen molar-refractivity contribution in [3.05, 3.63) is 57.5 Å². The van der Waals surface area contributed by atoms with E-state index in [1.165, 1.54) is 36.4 Å². The molecule has 0 bridgehead atoms. The SMILES string of the molecule is O=C(COC(=O)C1CCCN1S(=O)(=O)c1ccc(Cl)cc1)Nc1cc(Cl)ccc1Cl. The number of hydrogen-bond donors (Lipinski definition) is 1. The van der Waals surface area contributed by atoms with Crippen molar-refractivity contribution in [2.75, 3.05) is 18.5 Å². The van der Waals surface area contributed by atoms with E-state index in [4.69, 9.17) is 39.5 Å². The van der Waals surface area contributed by atoms with E-state index >= 15 is 0 Å². The fraction of sp³-hybridized carbons (Fsp3) is 0.263. The number of rotatable bonds is 6. The maximum atomic E-state index is 12.9. The fourth-order valence-corrected chi connectivity index (χ4v) is 5.13. The van der Waals surface area contributed by atoms with Crippen molar-refractivity contribution in [3.63, 3.8) is 0 Å². The van der Waals surface area contributed by atoms with Crippen LogP contribution in [0.15, 0.2) is 47.4 Å². The largest absolute Gasteiger partial charge is 0.454 e. The molecular weight excluding hydrogens is 475 g/mol. The predicted molar refractivity (Wildman–Crippen MR) is 114 cm³/mol. The highest BCUT2D eigenvalue weighted by atomic mass is 35.5. The normalized spacial score (nSPS) is 17.0. The first-order valence-electron chi connectivity index (χ1n) is 8.87. The zero-order chi connectivity index (χ0) is 21.9. The molecule has 0 radical (unpaired) electrons. The first-order chi connectivity index (χ1) is 14.2. The summed E-state index contributed by atoms with van der Waals surface area (Å²) in [5, 5.41) is 3.54. The Labute approximate surface area is 188 Å². The molecule has 2 aromatic rings. The standard InChI is InChI=1S/C19H17Cl3N2O5S/c20-12-3-6-14(7-4-12)30(27,28)24-9-1-2-17(24)19(26)29-11-18(25)23-16-10-13(21)5-8-15(16)22/h3-8,10,17H,1-2,9,11H2,(H,23,25). The van der Waals surface area contributed by atoms with Gasteiger partial charge in [0.25, 0.3) is 5.91 Å². The minimum Gasteiger partial charge on any atom is -0.454 e. The van der Waals surface area contributed by atoms with Crippen molar-refractivity contribution in [3.8, 4) is 0 Å². The topological polar surface area (TPSA) is 92.8 Å². The third-order valence-corrected chi connectivity index (χ3v) is 7.18. The number of amides is 1. The summed E-state index contributed by atoms with van der Waals surface area (Å²) in [6, 6.07) is 9.21. The second-order valence-electron chi connectivity index (χ2n) is 6.51. The molecule has 1 fully saturated rings. The van der Waals surface area contributed by atoms with Crippen molar-refractivity contribution in [2.45, 2.75) is 23.8 Å². The van der Waals surface area contributed by atoms with E-state index in [1.807, 2.05) is 0 Å². The molecule has 0 aliphatic carbocycles. The van der Waals surface area contributed by atoms with Crippen LogP contribution in [0.25, 0.3) is 0 Å². The van der Waals surface area contributed by atoms with Crippen LogP contribution in [-0.2, 0) is 24.3 Å². The molecule has 1 atom stereocenters. The summed E-state index contributed by atoms with van der Waals surface area (Å²) in [6.45, 7) is -0.415. The highest BCUT2D eigenvalue weighted by Gasteiger charge is 2.40. The summed E-state index contributed by atoms with van der Waals surface area (Å²) in [6.07, 6.45) is 0.796. The molecule has 1 heterocycles. The van der Waals surface area contributed by atoms with E-state index in [2.05, 4.69) is 5.32 Å². The highest BCUT2D eigenvalue weighted by Crippen LogP contribution is 2.28. The molecule has 2 aromatic carbocycles. The molecule has 11 heteroatoms. The molecule has 1 amide bonds. The second-order valence-corrected chi connectivity index (χ2v) is 9.68. The van der Waals surface area contributed by atoms with Gasteiger partial charge in [0.15, 0.2) is 6.61 Å². The van der Waals surface area contributed by atoms with Gasteiger partial charge in [-0.15, -0.1) is 0 Å². The lowest BCUT2D eigenvalue weighted by Crippen LogP contribution is -2.42. The van der Waals surface area contributed by atoms with Gasteiger partial charge in [-0.3, -0.25) is 9.59 Å². The summed E-state index contributed by atoms with van der Waals surface area (Å²) in [7, 11) is -3.91. The summed E-state index contributed by atoms with van der Waals surface area (Å²) in [5.74, 6) is -1.42. The number of nitrogens with zero attached hydrogens (tertiary/aromatic N) is 1. The minimum absolute atomic E-state index is 0.0277. The Morgan fingerprint density at radius 3 is 2.43 bits per heavy atom. The van der Waals surface area contributed by atoms with E-state index in [-0.39, 0.29) is 22.2 Å². The van der Waals surface area contributed by atoms with Crippen LogP contribution in [0, 0.1) is 0 Å². The Bertz CT molecular complexity index is 1060. The van der Waals surface area contributed by atoms with E-state index in [0.717, 1.165) is 4.31 Å². The molecule has 0 aromatic heterocycles. The molecule has 1 saturated heterocycles. The molecule has 0 spiro atoms. The minimum atomic E-state index is -3.91. The van der Waals surface area contributed by atoms with Gasteiger partial charge >= 0.3 is 5.97 Å². The summed E-state index contributed by atoms with van der Waals surface area (Å²) in [5.41, 5.74) is 0.276. The third-order valence-electron chi connectivity index (χ3n) is 4.44. The lowest BCUT2D eigenvalue weighted by molar-refractivity contribution is -0.150. The van der Waals surface area contributed by atoms with E-state index in [1.54, 1.807) is 6.07 Å². The number of hydrogen-bond acceptors (Lipinski definition) is 5. The molecule has 3 rings (SSSR count). The van der Waals surface area contributed by atoms with Gasteiger partial charge in [0, 0.05) is 16.6 Å². The maximum absolute atomic E-state index is 12.9. The summed E-state index contributed by atoms with van der Waals surface area (Å²) in [4.78, 5) is 24.6. The Hall–Kier alpha value is -1.84. The monoisotopic (exact) mass is 490 g/mol. The lowest BCUT2D eigenvalue weighted by Gasteiger charge is -2.22. The van der Waals surface area contributed by atoms with Crippen LogP contribution in [0.4, 0.5) is 5.69 Å². The quantitative estimate of drug-likeness (QED) is 0.617. The molecule has 1 N–H and O–H groups in total. The number of nitrogens with one attached hydrogen (secondary N) is 1. The predicted octanol–water partition coefficient (Wildman–Crippen LogP) is 3.98. The van der Waals surface area contributed by atoms with Crippen LogP contribution in [-0.4, -0.2) is 43.8 Å². The maximum Gasteiger partial charge on any atom is 0.324 e. The Kier molecular flexibility index (Phi) is 7.26. The van der Waals surface area contributed by atoms with Gasteiger partial charge < -0.3 is 10.1 Å². The smallest absolute Gasteiger partial charge is 0.324 e. The number of esters is 1. The van der Waals surface area contributed by atoms with Crippen molar-refractivity contribution < 1.29 is 22.7 Å². The van der Waals surface area contributed by atoms with Crippen LogP contribution in [0.1, 0.15) is 12.8 Å². The lowest BCUT2D eigenvalue weighted by atomic mass is 10.2. The number of carbonyl (C=O) groups is 2. The van der Waals surface area contributed by atoms with E-state index in [0.29, 0.717) is 22.9 Å². The van der Waals surface area contributed by atoms with Gasteiger partial charge in [0.05, 0.1) is 15.6 Å². The van der Waals surface area contributed by atoms with Crippen LogP contribution in [0.2, 0.25) is 15.1 Å². The van der Waals surface area contributed by atoms with Gasteiger partial charge in [0.1, 0.15) is 6.04 Å². The number of ether oxygens (including phenoxy) is 1. The Morgan fingerprint density at radius 1 is 1.07 bits per heavy atom. The summed E-state index contributed by atoms with van der Waals surface area (Å²) >= 11 is 17.7. The molecule has 1 aliphatic rings. The zero-order valence-corrected chi connectivity index (χ0v) is 18.6. The number of anilines is 1. The Morgan fingerprint density at radius 2 is 1.73 bits per heavy atom. The average Bonchev–Trinajstić information content (AvgIpc) is 3.20. The first kappa shape index (κ1) is 22.8. The van der Waals surface area contributed by atoms with Crippen molar-refractivity contribution >= 4 is 62.4 Å². The zero-order valence-electron chi connectivity index (χ0n) is 15.5. The molecule has 30 heavy (non-hydrogen) atoms. The second kappa shape index (κ2) is 9.53. The van der Waals surface area contributed by atoms with Crippen LogP contribution in [0.5, 0.6) is 0 Å². The first-order valence-corrected chi connectivity index (χ1v) is 11.4. The van der Waals surface area contributed by atoms with Crippen molar-refractivity contribution in [2.24, 2.45) is 0 Å². The number of carbonyl (C=O) groups excluding carboxylic acids is 2. The van der Waals surface area contributed by atoms with Crippen LogP contribution >= 0.6 is 34.8 Å². The molecule has 1 aliphatic heterocycles. The molecule has 0 saturated carbocycles. The van der Waals surface area contributed by atoms with Crippen LogP contribution < -0.4 is 5.32 Å². The van der Waals surface area contributed by atoms with Gasteiger partial charge in [-0.05, 0) is 55.3 Å². The average molecular weight is 492 g/mol. The molecule has 1 unspecified atom stereocenters. The van der Waals surface area contributed by atoms with Crippen molar-refractivity contribution in [1.82, 2.24) is 4.31 Å². The molecule has 160 valence electrons. The molecule has 7 nitrogen and oxygen atoms in total. The van der Waals surface area contributed by atoms with Crippen molar-refractivity contribution in [1.29, 1.82) is 0 Å². The van der Waals surface area contributed by atoms with Gasteiger partial charge in [-0.1, -0.05) is 34.8 Å². The number of halogens is 3. The fourth-order valence-electron chi connectivity index (χ4n) is 3.02. The number of sulfonamides is 1. The number of benzene rings is 2. The van der Waals surface area contributed by atoms with E-state index < -0.39 is 34.5 Å². The van der Waals surface area contributed by atoms with Gasteiger partial charge in [0.2, 0.25) is 10.0 Å². The highest BCUT2D eigenvalue weighted by molar-refractivity contribution is 7.89. The van der Waals surface area contributed by atoms with E-state index in [9.17, 15) is 18.0 Å². The molecular formula is C19H17Cl3N2O5S. The third kappa shape index (κ3) is 5.25. The van der Waals surface area contributed by atoms with Gasteiger partial charge in [-0.2, -0.15) is 4.31 Å². The Balaban J connectivity index is 1.63.